The summed E-state index contributed by atoms with van der Waals surface area (Å²) in [6, 6.07) is 17.3. The Kier molecular flexibility index (Phi) is 4.92. The zero-order valence-corrected chi connectivity index (χ0v) is 16.5. The van der Waals surface area contributed by atoms with E-state index in [9.17, 15) is 0 Å². The van der Waals surface area contributed by atoms with Gasteiger partial charge in [0.25, 0.3) is 0 Å². The molecule has 0 saturated carbocycles. The zero-order valence-electron chi connectivity index (χ0n) is 15.7. The molecule has 0 aliphatic carbocycles. The molecule has 6 heteroatoms. The van der Waals surface area contributed by atoms with Crippen LogP contribution in [0.5, 0.6) is 0 Å². The van der Waals surface area contributed by atoms with Gasteiger partial charge >= 0.3 is 0 Å². The number of imidazole rings is 1. The molecule has 0 aliphatic heterocycles. The molecule has 1 N–H and O–H groups in total. The summed E-state index contributed by atoms with van der Waals surface area (Å²) >= 11 is 1.67. The average Bonchev–Trinajstić information content (AvgIpc) is 3.32. The van der Waals surface area contributed by atoms with Gasteiger partial charge in [0.1, 0.15) is 0 Å². The molecule has 0 fully saturated rings. The first-order valence-electron chi connectivity index (χ1n) is 8.98. The summed E-state index contributed by atoms with van der Waals surface area (Å²) in [6.07, 6.45) is 5.74. The molecule has 0 bridgehead atoms. The predicted molar refractivity (Wildman–Crippen MR) is 113 cm³/mol. The van der Waals surface area contributed by atoms with Crippen LogP contribution in [0.25, 0.3) is 10.2 Å². The van der Waals surface area contributed by atoms with Crippen molar-refractivity contribution in [1.82, 2.24) is 19.4 Å². The van der Waals surface area contributed by atoms with Crippen molar-refractivity contribution in [3.05, 3.63) is 72.8 Å². The van der Waals surface area contributed by atoms with E-state index in [0.29, 0.717) is 6.04 Å². The highest BCUT2D eigenvalue weighted by Crippen LogP contribution is 2.30. The Morgan fingerprint density at radius 3 is 2.52 bits per heavy atom. The Balaban J connectivity index is 1.58. The Bertz CT molecular complexity index is 972. The van der Waals surface area contributed by atoms with Crippen molar-refractivity contribution in [2.75, 3.05) is 19.4 Å². The molecule has 0 unspecified atom stereocenters. The summed E-state index contributed by atoms with van der Waals surface area (Å²) in [5.74, 6) is 0. The smallest absolute Gasteiger partial charge is 0.188 e. The van der Waals surface area contributed by atoms with Gasteiger partial charge in [-0.1, -0.05) is 35.6 Å². The Morgan fingerprint density at radius 2 is 1.85 bits per heavy atom. The van der Waals surface area contributed by atoms with Crippen LogP contribution in [0.2, 0.25) is 0 Å². The Hall–Kier alpha value is -2.70. The van der Waals surface area contributed by atoms with Crippen molar-refractivity contribution in [2.45, 2.75) is 19.0 Å². The predicted octanol–water partition coefficient (Wildman–Crippen LogP) is 4.78. The number of benzene rings is 2. The molecule has 2 atom stereocenters. The molecule has 0 spiro atoms. The molecular formula is C21H23N5S. The fourth-order valence-corrected chi connectivity index (χ4v) is 4.11. The summed E-state index contributed by atoms with van der Waals surface area (Å²) < 4.78 is 3.36. The molecule has 0 aliphatic rings. The van der Waals surface area contributed by atoms with Crippen molar-refractivity contribution >= 4 is 32.4 Å². The van der Waals surface area contributed by atoms with Gasteiger partial charge in [0.05, 0.1) is 22.6 Å². The minimum atomic E-state index is 0.207. The lowest BCUT2D eigenvalue weighted by molar-refractivity contribution is 0.252. The van der Waals surface area contributed by atoms with Gasteiger partial charge < -0.3 is 14.8 Å². The van der Waals surface area contributed by atoms with Crippen LogP contribution in [0.1, 0.15) is 18.5 Å². The summed E-state index contributed by atoms with van der Waals surface area (Å²) in [4.78, 5) is 11.1. The highest BCUT2D eigenvalue weighted by atomic mass is 32.1. The third-order valence-electron chi connectivity index (χ3n) is 4.91. The minimum Gasteiger partial charge on any atom is -0.332 e. The van der Waals surface area contributed by atoms with Gasteiger partial charge in [-0.2, -0.15) is 0 Å². The molecule has 2 heterocycles. The maximum atomic E-state index is 4.65. The number of anilines is 2. The molecule has 5 nitrogen and oxygen atoms in total. The second-order valence-electron chi connectivity index (χ2n) is 6.89. The van der Waals surface area contributed by atoms with Gasteiger partial charge in [-0.05, 0) is 50.8 Å². The molecule has 2 aromatic carbocycles. The van der Waals surface area contributed by atoms with E-state index in [4.69, 9.17) is 0 Å². The average molecular weight is 378 g/mol. The molecule has 0 saturated heterocycles. The molecule has 4 aromatic rings. The largest absolute Gasteiger partial charge is 0.332 e. The van der Waals surface area contributed by atoms with Crippen LogP contribution < -0.4 is 5.32 Å². The quantitative estimate of drug-likeness (QED) is 0.525. The van der Waals surface area contributed by atoms with E-state index in [1.54, 1.807) is 11.3 Å². The molecular weight excluding hydrogens is 354 g/mol. The lowest BCUT2D eigenvalue weighted by Gasteiger charge is -2.30. The summed E-state index contributed by atoms with van der Waals surface area (Å²) in [6.45, 7) is 2.23. The summed E-state index contributed by atoms with van der Waals surface area (Å²) in [5.41, 5.74) is 3.32. The first kappa shape index (κ1) is 17.7. The summed E-state index contributed by atoms with van der Waals surface area (Å²) in [5, 5.41) is 4.34. The first-order chi connectivity index (χ1) is 13.1. The molecule has 4 rings (SSSR count). The number of hydrogen-bond donors (Lipinski definition) is 1. The first-order valence-corrected chi connectivity index (χ1v) is 9.80. The van der Waals surface area contributed by atoms with E-state index in [1.165, 1.54) is 10.3 Å². The van der Waals surface area contributed by atoms with Crippen molar-refractivity contribution < 1.29 is 0 Å². The van der Waals surface area contributed by atoms with Crippen LogP contribution >= 0.6 is 11.3 Å². The van der Waals surface area contributed by atoms with E-state index in [0.717, 1.165) is 16.3 Å². The second kappa shape index (κ2) is 7.50. The number of aromatic nitrogens is 3. The maximum absolute atomic E-state index is 4.65. The van der Waals surface area contributed by atoms with Crippen molar-refractivity contribution in [3.8, 4) is 0 Å². The zero-order chi connectivity index (χ0) is 18.8. The second-order valence-corrected chi connectivity index (χ2v) is 7.92. The van der Waals surface area contributed by atoms with E-state index < -0.39 is 0 Å². The van der Waals surface area contributed by atoms with Gasteiger partial charge in [-0.3, -0.25) is 0 Å². The SMILES string of the molecule is C[C@H]([C@H](c1ccc(Nc2nc3ccccc3s2)cc1)n1ccnc1)N(C)C. The van der Waals surface area contributed by atoms with E-state index in [-0.39, 0.29) is 6.04 Å². The van der Waals surface area contributed by atoms with Gasteiger partial charge in [0.15, 0.2) is 5.13 Å². The van der Waals surface area contributed by atoms with Crippen LogP contribution in [0, 0.1) is 0 Å². The fourth-order valence-electron chi connectivity index (χ4n) is 3.23. The highest BCUT2D eigenvalue weighted by Gasteiger charge is 2.22. The number of para-hydroxylation sites is 1. The third-order valence-corrected chi connectivity index (χ3v) is 5.87. The topological polar surface area (TPSA) is 46.0 Å². The van der Waals surface area contributed by atoms with Crippen LogP contribution in [-0.2, 0) is 0 Å². The van der Waals surface area contributed by atoms with Gasteiger partial charge in [0.2, 0.25) is 0 Å². The number of rotatable bonds is 6. The van der Waals surface area contributed by atoms with Crippen LogP contribution in [0.15, 0.2) is 67.3 Å². The van der Waals surface area contributed by atoms with Crippen LogP contribution in [-0.4, -0.2) is 39.6 Å². The Labute approximate surface area is 163 Å². The number of nitrogens with zero attached hydrogens (tertiary/aromatic N) is 4. The minimum absolute atomic E-state index is 0.207. The number of fused-ring (bicyclic) bond motifs is 1. The lowest BCUT2D eigenvalue weighted by atomic mass is 9.99. The summed E-state index contributed by atoms with van der Waals surface area (Å²) in [7, 11) is 4.22. The molecule has 138 valence electrons. The normalized spacial score (nSPS) is 13.8. The van der Waals surface area contributed by atoms with Crippen LogP contribution in [0.3, 0.4) is 0 Å². The molecule has 0 amide bonds. The lowest BCUT2D eigenvalue weighted by Crippen LogP contribution is -2.34. The van der Waals surface area contributed by atoms with Gasteiger partial charge in [-0.25, -0.2) is 9.97 Å². The fraction of sp³-hybridized carbons (Fsp3) is 0.238. The maximum Gasteiger partial charge on any atom is 0.188 e. The Morgan fingerprint density at radius 1 is 1.07 bits per heavy atom. The van der Waals surface area contributed by atoms with Gasteiger partial charge in [-0.15, -0.1) is 0 Å². The third kappa shape index (κ3) is 3.72. The monoisotopic (exact) mass is 377 g/mol. The number of nitrogens with one attached hydrogen (secondary N) is 1. The van der Waals surface area contributed by atoms with E-state index in [1.807, 2.05) is 36.9 Å². The standard InChI is InChI=1S/C21H23N5S/c1-15(25(2)3)20(26-13-12-22-14-26)16-8-10-17(11-9-16)23-21-24-18-6-4-5-7-19(18)27-21/h4-15,20H,1-3H3,(H,23,24)/t15-,20-/m1/s1. The van der Waals surface area contributed by atoms with Gasteiger partial charge in [0, 0.05) is 24.1 Å². The number of likely N-dealkylation sites (N-methyl/N-ethyl adjacent to an activating group) is 1. The van der Waals surface area contributed by atoms with Crippen LogP contribution in [0.4, 0.5) is 10.8 Å². The van der Waals surface area contributed by atoms with E-state index in [2.05, 4.69) is 76.1 Å². The molecule has 0 radical (unpaired) electrons. The molecule has 27 heavy (non-hydrogen) atoms. The number of thiazole rings is 1. The van der Waals surface area contributed by atoms with Crippen molar-refractivity contribution in [1.29, 1.82) is 0 Å². The van der Waals surface area contributed by atoms with Crippen molar-refractivity contribution in [3.63, 3.8) is 0 Å². The van der Waals surface area contributed by atoms with Crippen molar-refractivity contribution in [2.24, 2.45) is 0 Å². The van der Waals surface area contributed by atoms with E-state index >= 15 is 0 Å². The number of hydrogen-bond acceptors (Lipinski definition) is 5. The highest BCUT2D eigenvalue weighted by molar-refractivity contribution is 7.22. The molecule has 2 aromatic heterocycles.